The average molecular weight is 343 g/mol. The number of nitrogens with zero attached hydrogens (tertiary/aromatic N) is 3. The smallest absolute Gasteiger partial charge is 0.274 e. The lowest BCUT2D eigenvalue weighted by molar-refractivity contribution is 0.789. The van der Waals surface area contributed by atoms with Gasteiger partial charge in [-0.15, -0.1) is 11.3 Å². The minimum Gasteiger partial charge on any atom is -0.322 e. The van der Waals surface area contributed by atoms with Gasteiger partial charge in [0.15, 0.2) is 0 Å². The topological polar surface area (TPSA) is 79.4 Å². The van der Waals surface area contributed by atoms with Crippen LogP contribution in [0.3, 0.4) is 0 Å². The lowest BCUT2D eigenvalue weighted by atomic mass is 10.3. The number of thioether (sulfide) groups is 1. The Labute approximate surface area is 139 Å². The molecule has 1 aromatic carbocycles. The van der Waals surface area contributed by atoms with E-state index in [1.54, 1.807) is 29.2 Å². The molecule has 0 aliphatic heterocycles. The molecule has 4 aromatic rings. The van der Waals surface area contributed by atoms with Gasteiger partial charge >= 0.3 is 0 Å². The Kier molecular flexibility index (Phi) is 3.55. The highest BCUT2D eigenvalue weighted by Crippen LogP contribution is 2.25. The van der Waals surface area contributed by atoms with Gasteiger partial charge < -0.3 is 4.98 Å². The molecular weight excluding hydrogens is 330 g/mol. The molecule has 8 heteroatoms. The highest BCUT2D eigenvalue weighted by molar-refractivity contribution is 8.00. The van der Waals surface area contributed by atoms with Crippen LogP contribution in [0.1, 0.15) is 11.4 Å². The number of aromatic nitrogens is 5. The molecule has 0 unspecified atom stereocenters. The van der Waals surface area contributed by atoms with E-state index in [9.17, 15) is 4.79 Å². The van der Waals surface area contributed by atoms with Gasteiger partial charge in [-0.25, -0.2) is 9.97 Å². The van der Waals surface area contributed by atoms with E-state index in [0.717, 1.165) is 26.8 Å². The third-order valence-electron chi connectivity index (χ3n) is 3.31. The number of aryl methyl sites for hydroxylation is 1. The molecule has 0 fully saturated rings. The van der Waals surface area contributed by atoms with Gasteiger partial charge in [0.25, 0.3) is 5.56 Å². The zero-order valence-electron chi connectivity index (χ0n) is 12.2. The Morgan fingerprint density at radius 1 is 1.30 bits per heavy atom. The van der Waals surface area contributed by atoms with Gasteiger partial charge in [0.05, 0.1) is 11.0 Å². The number of benzene rings is 1. The summed E-state index contributed by atoms with van der Waals surface area (Å²) >= 11 is 3.22. The van der Waals surface area contributed by atoms with Crippen LogP contribution in [0.5, 0.6) is 0 Å². The second-order valence-corrected chi connectivity index (χ2v) is 7.16. The van der Waals surface area contributed by atoms with Gasteiger partial charge in [-0.1, -0.05) is 23.9 Å². The minimum atomic E-state index is -0.130. The molecule has 0 atom stereocenters. The molecule has 3 heterocycles. The van der Waals surface area contributed by atoms with Crippen molar-refractivity contribution in [2.45, 2.75) is 17.0 Å². The molecule has 0 spiro atoms. The molecule has 6 nitrogen and oxygen atoms in total. The van der Waals surface area contributed by atoms with Crippen molar-refractivity contribution in [3.05, 3.63) is 57.5 Å². The van der Waals surface area contributed by atoms with Crippen LogP contribution >= 0.6 is 23.1 Å². The number of hydrogen-bond acceptors (Lipinski definition) is 5. The summed E-state index contributed by atoms with van der Waals surface area (Å²) in [6.07, 6.45) is 0. The van der Waals surface area contributed by atoms with E-state index in [4.69, 9.17) is 0 Å². The summed E-state index contributed by atoms with van der Waals surface area (Å²) in [7, 11) is 0. The molecule has 0 bridgehead atoms. The normalized spacial score (nSPS) is 11.3. The summed E-state index contributed by atoms with van der Waals surface area (Å²) in [6.45, 7) is 1.97. The number of aromatic amines is 2. The Hall–Kier alpha value is -2.32. The van der Waals surface area contributed by atoms with Gasteiger partial charge in [0.2, 0.25) is 5.95 Å². The lowest BCUT2D eigenvalue weighted by Crippen LogP contribution is -2.14. The van der Waals surface area contributed by atoms with Crippen LogP contribution in [-0.4, -0.2) is 24.7 Å². The zero-order chi connectivity index (χ0) is 15.8. The maximum Gasteiger partial charge on any atom is 0.274 e. The quantitative estimate of drug-likeness (QED) is 0.558. The van der Waals surface area contributed by atoms with E-state index in [-0.39, 0.29) is 5.56 Å². The van der Waals surface area contributed by atoms with Crippen molar-refractivity contribution in [1.29, 1.82) is 0 Å². The van der Waals surface area contributed by atoms with Crippen molar-refractivity contribution < 1.29 is 0 Å². The number of rotatable bonds is 4. The minimum absolute atomic E-state index is 0.130. The van der Waals surface area contributed by atoms with Crippen LogP contribution in [-0.2, 0) is 5.75 Å². The van der Waals surface area contributed by atoms with Crippen molar-refractivity contribution >= 4 is 34.1 Å². The van der Waals surface area contributed by atoms with E-state index in [0.29, 0.717) is 11.7 Å². The molecule has 2 N–H and O–H groups in total. The fourth-order valence-electron chi connectivity index (χ4n) is 2.26. The van der Waals surface area contributed by atoms with Crippen molar-refractivity contribution in [3.63, 3.8) is 0 Å². The summed E-state index contributed by atoms with van der Waals surface area (Å²) in [5.41, 5.74) is 3.46. The number of imidazole rings is 1. The first-order valence-corrected chi connectivity index (χ1v) is 8.86. The molecule has 0 radical (unpaired) electrons. The maximum absolute atomic E-state index is 12.2. The second kappa shape index (κ2) is 5.71. The first-order valence-electron chi connectivity index (χ1n) is 7.00. The van der Waals surface area contributed by atoms with E-state index in [1.165, 1.54) is 4.68 Å². The predicted molar refractivity (Wildman–Crippen MR) is 92.5 cm³/mol. The third-order valence-corrected chi connectivity index (χ3v) is 5.50. The average Bonchev–Trinajstić information content (AvgIpc) is 3.23. The first-order chi connectivity index (χ1) is 11.2. The van der Waals surface area contributed by atoms with Crippen LogP contribution < -0.4 is 5.56 Å². The molecule has 0 amide bonds. The number of nitrogens with one attached hydrogen (secondary N) is 2. The number of H-pyrrole nitrogens is 2. The molecule has 0 aliphatic rings. The largest absolute Gasteiger partial charge is 0.322 e. The highest BCUT2D eigenvalue weighted by Gasteiger charge is 2.10. The summed E-state index contributed by atoms with van der Waals surface area (Å²) < 4.78 is 2.43. The first kappa shape index (κ1) is 14.3. The van der Waals surface area contributed by atoms with Crippen LogP contribution in [0.2, 0.25) is 0 Å². The lowest BCUT2D eigenvalue weighted by Gasteiger charge is -1.97. The van der Waals surface area contributed by atoms with Gasteiger partial charge in [0.1, 0.15) is 4.34 Å². The summed E-state index contributed by atoms with van der Waals surface area (Å²) in [5.74, 6) is 1.16. The standard InChI is InChI=1S/C15H13N5OS2/c1-9-7-22-15(16-9)23-8-10-6-13(21)20(19-10)14-17-11-4-2-3-5-12(11)18-14/h2-7,19H,8H2,1H3,(H,17,18). The SMILES string of the molecule is Cc1csc(SCc2cc(=O)n(-c3nc4ccccc4[nH]3)[nH]2)n1. The molecule has 0 saturated heterocycles. The number of hydrogen-bond donors (Lipinski definition) is 2. The van der Waals surface area contributed by atoms with E-state index < -0.39 is 0 Å². The number of fused-ring (bicyclic) bond motifs is 1. The van der Waals surface area contributed by atoms with Gasteiger partial charge in [-0.05, 0) is 19.1 Å². The molecule has 3 aromatic heterocycles. The van der Waals surface area contributed by atoms with Crippen molar-refractivity contribution in [2.75, 3.05) is 0 Å². The zero-order valence-corrected chi connectivity index (χ0v) is 13.9. The molecular formula is C15H13N5OS2. The van der Waals surface area contributed by atoms with E-state index in [1.807, 2.05) is 36.6 Å². The van der Waals surface area contributed by atoms with E-state index >= 15 is 0 Å². The monoisotopic (exact) mass is 343 g/mol. The van der Waals surface area contributed by atoms with Crippen molar-refractivity contribution in [3.8, 4) is 5.95 Å². The van der Waals surface area contributed by atoms with E-state index in [2.05, 4.69) is 20.1 Å². The third kappa shape index (κ3) is 2.82. The van der Waals surface area contributed by atoms with Crippen LogP contribution in [0.15, 0.2) is 44.8 Å². The summed E-state index contributed by atoms with van der Waals surface area (Å²) in [4.78, 5) is 24.2. The molecule has 23 heavy (non-hydrogen) atoms. The Bertz CT molecular complexity index is 993. The molecule has 116 valence electrons. The molecule has 0 aliphatic carbocycles. The number of thiazole rings is 1. The van der Waals surface area contributed by atoms with Crippen LogP contribution in [0.4, 0.5) is 0 Å². The predicted octanol–water partition coefficient (Wildman–Crippen LogP) is 3.10. The van der Waals surface area contributed by atoms with Gasteiger partial charge in [0, 0.05) is 28.6 Å². The van der Waals surface area contributed by atoms with Crippen LogP contribution in [0.25, 0.3) is 17.0 Å². The maximum atomic E-state index is 12.2. The molecule has 0 saturated carbocycles. The Morgan fingerprint density at radius 2 is 2.17 bits per heavy atom. The molecule has 4 rings (SSSR count). The fourth-order valence-corrected chi connectivity index (χ4v) is 4.01. The van der Waals surface area contributed by atoms with Crippen molar-refractivity contribution in [1.82, 2.24) is 24.7 Å². The summed E-state index contributed by atoms with van der Waals surface area (Å²) in [5, 5.41) is 5.12. The van der Waals surface area contributed by atoms with Gasteiger partial charge in [-0.2, -0.15) is 4.68 Å². The van der Waals surface area contributed by atoms with Gasteiger partial charge in [-0.3, -0.25) is 9.89 Å². The Balaban J connectivity index is 1.60. The second-order valence-electron chi connectivity index (χ2n) is 5.08. The Morgan fingerprint density at radius 3 is 2.96 bits per heavy atom. The number of para-hydroxylation sites is 2. The highest BCUT2D eigenvalue weighted by atomic mass is 32.2. The van der Waals surface area contributed by atoms with Crippen molar-refractivity contribution in [2.24, 2.45) is 0 Å². The fraction of sp³-hybridized carbons (Fsp3) is 0.133. The van der Waals surface area contributed by atoms with Crippen LogP contribution in [0, 0.1) is 6.92 Å². The summed E-state index contributed by atoms with van der Waals surface area (Å²) in [6, 6.07) is 9.29.